The van der Waals surface area contributed by atoms with Crippen LogP contribution in [0.1, 0.15) is 32.1 Å². The fraction of sp³-hybridized carbons (Fsp3) is 0.200. The molecular formula is C25H24FNO3S. The van der Waals surface area contributed by atoms with Crippen LogP contribution in [0, 0.1) is 11.7 Å². The highest BCUT2D eigenvalue weighted by Gasteiger charge is 2.29. The van der Waals surface area contributed by atoms with Gasteiger partial charge in [-0.2, -0.15) is 0 Å². The minimum Gasteiger partial charge on any atom is -0.382 e. The third kappa shape index (κ3) is 3.89. The molecule has 1 heterocycles. The Morgan fingerprint density at radius 3 is 2.48 bits per heavy atom. The Morgan fingerprint density at radius 2 is 1.74 bits per heavy atom. The van der Waals surface area contributed by atoms with Crippen LogP contribution < -0.4 is 0 Å². The summed E-state index contributed by atoms with van der Waals surface area (Å²) in [6.45, 7) is 4.18. The van der Waals surface area contributed by atoms with Crippen molar-refractivity contribution in [3.8, 4) is 0 Å². The lowest BCUT2D eigenvalue weighted by atomic mass is 10.0. The Bertz CT molecular complexity index is 1330. The van der Waals surface area contributed by atoms with Crippen LogP contribution in [0.25, 0.3) is 10.9 Å². The standard InChI is InChI=1S/C25H24FNO3S/c1-17(2)18-9-7-10-19(15-14-18)25(28)23-16-20-8-3-5-12-22(20)27(23)31(29,30)24-13-6-4-11-21(24)26/h3-9,11-17,25,28H,10H2,1-2H3. The molecule has 0 amide bonds. The summed E-state index contributed by atoms with van der Waals surface area (Å²) in [5.41, 5.74) is 2.37. The molecule has 4 rings (SSSR count). The van der Waals surface area contributed by atoms with Gasteiger partial charge in [-0.3, -0.25) is 0 Å². The van der Waals surface area contributed by atoms with Gasteiger partial charge in [-0.15, -0.1) is 0 Å². The van der Waals surface area contributed by atoms with Gasteiger partial charge in [0, 0.05) is 5.39 Å². The van der Waals surface area contributed by atoms with E-state index in [0.717, 1.165) is 15.6 Å². The first-order valence-electron chi connectivity index (χ1n) is 10.2. The van der Waals surface area contributed by atoms with E-state index < -0.39 is 26.8 Å². The van der Waals surface area contributed by atoms with Crippen LogP contribution in [0.4, 0.5) is 4.39 Å². The quantitative estimate of drug-likeness (QED) is 0.572. The van der Waals surface area contributed by atoms with Crippen LogP contribution >= 0.6 is 0 Å². The molecule has 0 radical (unpaired) electrons. The number of hydrogen-bond acceptors (Lipinski definition) is 3. The van der Waals surface area contributed by atoms with Gasteiger partial charge in [-0.1, -0.05) is 68.5 Å². The molecule has 1 atom stereocenters. The van der Waals surface area contributed by atoms with Crippen molar-refractivity contribution in [3.63, 3.8) is 0 Å². The first-order chi connectivity index (χ1) is 14.8. The summed E-state index contributed by atoms with van der Waals surface area (Å²) in [7, 11) is -4.28. The van der Waals surface area contributed by atoms with Crippen LogP contribution in [-0.4, -0.2) is 17.5 Å². The third-order valence-electron chi connectivity index (χ3n) is 5.50. The highest BCUT2D eigenvalue weighted by molar-refractivity contribution is 7.90. The number of para-hydroxylation sites is 1. The summed E-state index contributed by atoms with van der Waals surface area (Å²) in [5.74, 6) is -0.501. The van der Waals surface area contributed by atoms with Crippen molar-refractivity contribution in [2.24, 2.45) is 5.92 Å². The lowest BCUT2D eigenvalue weighted by molar-refractivity contribution is 0.207. The van der Waals surface area contributed by atoms with Gasteiger partial charge < -0.3 is 5.11 Å². The van der Waals surface area contributed by atoms with Gasteiger partial charge in [0.25, 0.3) is 10.0 Å². The maximum absolute atomic E-state index is 14.5. The predicted molar refractivity (Wildman–Crippen MR) is 121 cm³/mol. The molecule has 1 aliphatic carbocycles. The number of aliphatic hydroxyl groups is 1. The van der Waals surface area contributed by atoms with Gasteiger partial charge in [-0.05, 0) is 47.8 Å². The molecule has 1 aliphatic rings. The van der Waals surface area contributed by atoms with E-state index in [4.69, 9.17) is 0 Å². The number of aromatic nitrogens is 1. The highest BCUT2D eigenvalue weighted by atomic mass is 32.2. The van der Waals surface area contributed by atoms with Crippen molar-refractivity contribution < 1.29 is 17.9 Å². The van der Waals surface area contributed by atoms with Crippen molar-refractivity contribution in [2.45, 2.75) is 31.3 Å². The molecule has 0 spiro atoms. The molecule has 2 aromatic carbocycles. The average Bonchev–Trinajstić information content (AvgIpc) is 2.96. The highest BCUT2D eigenvalue weighted by Crippen LogP contribution is 2.34. The Labute approximate surface area is 181 Å². The summed E-state index contributed by atoms with van der Waals surface area (Å²) < 4.78 is 42.5. The van der Waals surface area contributed by atoms with Gasteiger partial charge in [0.2, 0.25) is 0 Å². The Kier molecular flexibility index (Phi) is 5.69. The van der Waals surface area contributed by atoms with E-state index in [0.29, 0.717) is 28.8 Å². The normalized spacial score (nSPS) is 15.6. The second-order valence-corrected chi connectivity index (χ2v) is 9.65. The zero-order chi connectivity index (χ0) is 22.2. The number of hydrogen-bond donors (Lipinski definition) is 1. The molecule has 6 heteroatoms. The molecule has 0 bridgehead atoms. The van der Waals surface area contributed by atoms with Crippen LogP contribution in [0.3, 0.4) is 0 Å². The molecule has 160 valence electrons. The van der Waals surface area contributed by atoms with Crippen LogP contribution in [0.2, 0.25) is 0 Å². The van der Waals surface area contributed by atoms with Crippen molar-refractivity contribution in [2.75, 3.05) is 0 Å². The Balaban J connectivity index is 1.91. The summed E-state index contributed by atoms with van der Waals surface area (Å²) >= 11 is 0. The van der Waals surface area contributed by atoms with Gasteiger partial charge in [0.15, 0.2) is 0 Å². The second kappa shape index (κ2) is 8.29. The molecule has 1 unspecified atom stereocenters. The molecule has 1 aromatic heterocycles. The van der Waals surface area contributed by atoms with Crippen molar-refractivity contribution in [3.05, 3.63) is 102 Å². The van der Waals surface area contributed by atoms with E-state index in [2.05, 4.69) is 13.8 Å². The van der Waals surface area contributed by atoms with Crippen LogP contribution in [0.15, 0.2) is 94.9 Å². The zero-order valence-electron chi connectivity index (χ0n) is 17.4. The number of rotatable bonds is 5. The molecular weight excluding hydrogens is 413 g/mol. The molecule has 0 aliphatic heterocycles. The monoisotopic (exact) mass is 437 g/mol. The van der Waals surface area contributed by atoms with Crippen LogP contribution in [-0.2, 0) is 10.0 Å². The van der Waals surface area contributed by atoms with E-state index in [1.807, 2.05) is 24.3 Å². The number of nitrogens with zero attached hydrogens (tertiary/aromatic N) is 1. The number of allylic oxidation sites excluding steroid dienone is 5. The van der Waals surface area contributed by atoms with Crippen molar-refractivity contribution >= 4 is 20.9 Å². The average molecular weight is 438 g/mol. The fourth-order valence-corrected chi connectivity index (χ4v) is 5.41. The Hall–Kier alpha value is -2.96. The molecule has 1 N–H and O–H groups in total. The zero-order valence-corrected chi connectivity index (χ0v) is 18.2. The first-order valence-corrected chi connectivity index (χ1v) is 11.6. The smallest absolute Gasteiger partial charge is 0.271 e. The van der Waals surface area contributed by atoms with Gasteiger partial charge in [-0.25, -0.2) is 16.8 Å². The minimum atomic E-state index is -4.28. The van der Waals surface area contributed by atoms with E-state index in [-0.39, 0.29) is 5.69 Å². The number of benzene rings is 2. The van der Waals surface area contributed by atoms with Crippen molar-refractivity contribution in [1.82, 2.24) is 3.97 Å². The molecule has 4 nitrogen and oxygen atoms in total. The van der Waals surface area contributed by atoms with E-state index in [1.165, 1.54) is 18.2 Å². The lowest BCUT2D eigenvalue weighted by Crippen LogP contribution is -2.19. The largest absolute Gasteiger partial charge is 0.382 e. The summed E-state index contributed by atoms with van der Waals surface area (Å²) in [4.78, 5) is -0.429. The van der Waals surface area contributed by atoms with Crippen LogP contribution in [0.5, 0.6) is 0 Å². The molecule has 0 saturated carbocycles. The second-order valence-electron chi connectivity index (χ2n) is 7.90. The molecule has 0 fully saturated rings. The SMILES string of the molecule is CC(C)C1=CC=C(C(O)c2cc3ccccc3n2S(=O)(=O)c2ccccc2F)CC=C1. The minimum absolute atomic E-state index is 0.186. The van der Waals surface area contributed by atoms with E-state index >= 15 is 0 Å². The van der Waals surface area contributed by atoms with Gasteiger partial charge in [0.1, 0.15) is 16.8 Å². The summed E-state index contributed by atoms with van der Waals surface area (Å²) in [6.07, 6.45) is 7.10. The van der Waals surface area contributed by atoms with Crippen molar-refractivity contribution in [1.29, 1.82) is 0 Å². The Morgan fingerprint density at radius 1 is 1.03 bits per heavy atom. The van der Waals surface area contributed by atoms with Gasteiger partial charge >= 0.3 is 0 Å². The third-order valence-corrected chi connectivity index (χ3v) is 7.28. The number of halogens is 1. The topological polar surface area (TPSA) is 59.3 Å². The maximum Gasteiger partial charge on any atom is 0.271 e. The van der Waals surface area contributed by atoms with E-state index in [1.54, 1.807) is 30.3 Å². The molecule has 0 saturated heterocycles. The van der Waals surface area contributed by atoms with E-state index in [9.17, 15) is 17.9 Å². The lowest BCUT2D eigenvalue weighted by Gasteiger charge is -2.18. The summed E-state index contributed by atoms with van der Waals surface area (Å²) in [6, 6.07) is 13.9. The number of aliphatic hydroxyl groups excluding tert-OH is 1. The summed E-state index contributed by atoms with van der Waals surface area (Å²) in [5, 5.41) is 11.9. The van der Waals surface area contributed by atoms with Gasteiger partial charge in [0.05, 0.1) is 11.2 Å². The number of fused-ring (bicyclic) bond motifs is 1. The first kappa shape index (κ1) is 21.3. The molecule has 31 heavy (non-hydrogen) atoms. The predicted octanol–water partition coefficient (Wildman–Crippen LogP) is 5.52. The molecule has 3 aromatic rings. The maximum atomic E-state index is 14.5. The fourth-order valence-electron chi connectivity index (χ4n) is 3.80.